The maximum Gasteiger partial charge on any atom is 0.327 e. The fraction of sp³-hybridized carbons (Fsp3) is 0.471. The van der Waals surface area contributed by atoms with Crippen LogP contribution in [0.3, 0.4) is 0 Å². The molecule has 2 aliphatic rings. The first-order valence-electron chi connectivity index (χ1n) is 8.20. The van der Waals surface area contributed by atoms with E-state index in [2.05, 4.69) is 5.32 Å². The van der Waals surface area contributed by atoms with Gasteiger partial charge in [-0.05, 0) is 31.0 Å². The van der Waals surface area contributed by atoms with Gasteiger partial charge in [0.25, 0.3) is 5.91 Å². The third kappa shape index (κ3) is 3.08. The summed E-state index contributed by atoms with van der Waals surface area (Å²) < 4.78 is 13.2. The minimum Gasteiger partial charge on any atom is -0.324 e. The second-order valence-electron chi connectivity index (χ2n) is 6.50. The SMILES string of the molecule is CN1C(=O)N(CC(=O)Nc2ccc(F)c(Cl)c2)C(=O)C12CCCCC2. The van der Waals surface area contributed by atoms with Crippen LogP contribution in [-0.2, 0) is 9.59 Å². The summed E-state index contributed by atoms with van der Waals surface area (Å²) in [6.45, 7) is -0.376. The number of hydrogen-bond donors (Lipinski definition) is 1. The van der Waals surface area contributed by atoms with E-state index < -0.39 is 23.3 Å². The van der Waals surface area contributed by atoms with E-state index in [0.717, 1.165) is 30.2 Å². The van der Waals surface area contributed by atoms with Crippen molar-refractivity contribution in [2.75, 3.05) is 18.9 Å². The van der Waals surface area contributed by atoms with Gasteiger partial charge in [-0.3, -0.25) is 14.5 Å². The Balaban J connectivity index is 1.71. The number of halogens is 2. The number of rotatable bonds is 3. The number of carbonyl (C=O) groups excluding carboxylic acids is 3. The van der Waals surface area contributed by atoms with Crippen molar-refractivity contribution in [2.45, 2.75) is 37.6 Å². The normalized spacial score (nSPS) is 19.6. The van der Waals surface area contributed by atoms with Crippen molar-refractivity contribution in [3.63, 3.8) is 0 Å². The number of benzene rings is 1. The van der Waals surface area contributed by atoms with Gasteiger partial charge in [0, 0.05) is 12.7 Å². The Kier molecular flexibility index (Phi) is 4.69. The molecule has 8 heteroatoms. The van der Waals surface area contributed by atoms with Crippen LogP contribution in [0.2, 0.25) is 5.02 Å². The Labute approximate surface area is 149 Å². The highest BCUT2D eigenvalue weighted by Gasteiger charge is 2.55. The van der Waals surface area contributed by atoms with E-state index in [1.54, 1.807) is 7.05 Å². The van der Waals surface area contributed by atoms with Crippen LogP contribution in [0, 0.1) is 5.82 Å². The predicted octanol–water partition coefficient (Wildman–Crippen LogP) is 3.01. The first-order chi connectivity index (χ1) is 11.8. The molecule has 1 aliphatic carbocycles. The maximum absolute atomic E-state index is 13.2. The summed E-state index contributed by atoms with van der Waals surface area (Å²) >= 11 is 5.68. The third-order valence-corrected chi connectivity index (χ3v) is 5.28. The molecule has 1 aliphatic heterocycles. The fourth-order valence-corrected chi connectivity index (χ4v) is 3.77. The molecule has 134 valence electrons. The smallest absolute Gasteiger partial charge is 0.324 e. The Hall–Kier alpha value is -2.15. The van der Waals surface area contributed by atoms with Gasteiger partial charge in [-0.1, -0.05) is 30.9 Å². The van der Waals surface area contributed by atoms with Crippen LogP contribution in [0.15, 0.2) is 18.2 Å². The van der Waals surface area contributed by atoms with Gasteiger partial charge < -0.3 is 10.2 Å². The first-order valence-corrected chi connectivity index (χ1v) is 8.57. The molecule has 6 nitrogen and oxygen atoms in total. The van der Waals surface area contributed by atoms with E-state index in [4.69, 9.17) is 11.6 Å². The summed E-state index contributed by atoms with van der Waals surface area (Å²) in [6.07, 6.45) is 4.07. The van der Waals surface area contributed by atoms with Crippen molar-refractivity contribution in [3.05, 3.63) is 29.0 Å². The number of anilines is 1. The lowest BCUT2D eigenvalue weighted by Gasteiger charge is -2.35. The Bertz CT molecular complexity index is 734. The summed E-state index contributed by atoms with van der Waals surface area (Å²) in [6, 6.07) is 3.31. The second-order valence-corrected chi connectivity index (χ2v) is 6.91. The van der Waals surface area contributed by atoms with Crippen molar-refractivity contribution in [2.24, 2.45) is 0 Å². The largest absolute Gasteiger partial charge is 0.327 e. The average molecular weight is 368 g/mol. The topological polar surface area (TPSA) is 69.7 Å². The molecule has 2 fully saturated rings. The fourth-order valence-electron chi connectivity index (χ4n) is 3.59. The van der Waals surface area contributed by atoms with Gasteiger partial charge in [0.2, 0.25) is 5.91 Å². The predicted molar refractivity (Wildman–Crippen MR) is 90.7 cm³/mol. The van der Waals surface area contributed by atoms with Crippen LogP contribution >= 0.6 is 11.6 Å². The second kappa shape index (κ2) is 6.63. The first kappa shape index (κ1) is 17.7. The van der Waals surface area contributed by atoms with E-state index in [1.165, 1.54) is 17.0 Å². The molecule has 1 saturated carbocycles. The highest BCUT2D eigenvalue weighted by Crippen LogP contribution is 2.39. The summed E-state index contributed by atoms with van der Waals surface area (Å²) in [5.74, 6) is -1.44. The molecule has 1 saturated heterocycles. The van der Waals surface area contributed by atoms with Crippen LogP contribution in [0.4, 0.5) is 14.9 Å². The van der Waals surface area contributed by atoms with Crippen LogP contribution in [-0.4, -0.2) is 46.8 Å². The van der Waals surface area contributed by atoms with Crippen molar-refractivity contribution in [1.82, 2.24) is 9.80 Å². The molecule has 4 amide bonds. The monoisotopic (exact) mass is 367 g/mol. The molecule has 1 aromatic carbocycles. The standard InChI is InChI=1S/C17H19ClFN3O3/c1-21-16(25)22(15(24)17(21)7-3-2-4-8-17)10-14(23)20-11-5-6-13(19)12(18)9-11/h5-6,9H,2-4,7-8,10H2,1H3,(H,20,23). The average Bonchev–Trinajstić information content (AvgIpc) is 2.75. The molecule has 25 heavy (non-hydrogen) atoms. The summed E-state index contributed by atoms with van der Waals surface area (Å²) in [7, 11) is 1.61. The van der Waals surface area contributed by atoms with Crippen LogP contribution < -0.4 is 5.32 Å². The van der Waals surface area contributed by atoms with E-state index in [1.807, 2.05) is 0 Å². The number of carbonyl (C=O) groups is 3. The van der Waals surface area contributed by atoms with Crippen molar-refractivity contribution in [3.8, 4) is 0 Å². The van der Waals surface area contributed by atoms with Gasteiger partial charge in [-0.25, -0.2) is 9.18 Å². The van der Waals surface area contributed by atoms with Gasteiger partial charge >= 0.3 is 6.03 Å². The number of amides is 4. The van der Waals surface area contributed by atoms with Gasteiger partial charge in [-0.15, -0.1) is 0 Å². The summed E-state index contributed by atoms with van der Waals surface area (Å²) in [5.41, 5.74) is -0.509. The summed E-state index contributed by atoms with van der Waals surface area (Å²) in [4.78, 5) is 39.9. The minimum atomic E-state index is -0.811. The number of imide groups is 1. The number of nitrogens with one attached hydrogen (secondary N) is 1. The lowest BCUT2D eigenvalue weighted by Crippen LogP contribution is -2.49. The maximum atomic E-state index is 13.2. The zero-order valence-corrected chi connectivity index (χ0v) is 14.6. The highest BCUT2D eigenvalue weighted by atomic mass is 35.5. The summed E-state index contributed by atoms with van der Waals surface area (Å²) in [5, 5.41) is 2.41. The molecule has 3 rings (SSSR count). The molecular formula is C17H19ClFN3O3. The van der Waals surface area contributed by atoms with E-state index >= 15 is 0 Å². The van der Waals surface area contributed by atoms with Crippen LogP contribution in [0.5, 0.6) is 0 Å². The molecule has 0 atom stereocenters. The molecule has 1 heterocycles. The van der Waals surface area contributed by atoms with E-state index in [0.29, 0.717) is 18.5 Å². The van der Waals surface area contributed by atoms with Crippen molar-refractivity contribution >= 4 is 35.1 Å². The molecule has 0 aromatic heterocycles. The number of likely N-dealkylation sites (N-methyl/N-ethyl adjacent to an activating group) is 1. The van der Waals surface area contributed by atoms with E-state index in [-0.39, 0.29) is 17.5 Å². The lowest BCUT2D eigenvalue weighted by atomic mass is 9.81. The number of hydrogen-bond acceptors (Lipinski definition) is 3. The van der Waals surface area contributed by atoms with Gasteiger partial charge in [0.05, 0.1) is 5.02 Å². The quantitative estimate of drug-likeness (QED) is 0.835. The molecule has 0 radical (unpaired) electrons. The van der Waals surface area contributed by atoms with Crippen LogP contribution in [0.1, 0.15) is 32.1 Å². The molecular weight excluding hydrogens is 349 g/mol. The van der Waals surface area contributed by atoms with Gasteiger partial charge in [0.15, 0.2) is 0 Å². The molecule has 1 aromatic rings. The van der Waals surface area contributed by atoms with Gasteiger partial charge in [0.1, 0.15) is 17.9 Å². The Morgan fingerprint density at radius 1 is 1.28 bits per heavy atom. The third-order valence-electron chi connectivity index (χ3n) is 4.99. The van der Waals surface area contributed by atoms with Crippen LogP contribution in [0.25, 0.3) is 0 Å². The van der Waals surface area contributed by atoms with Crippen molar-refractivity contribution < 1.29 is 18.8 Å². The van der Waals surface area contributed by atoms with E-state index in [9.17, 15) is 18.8 Å². The number of urea groups is 1. The molecule has 0 bridgehead atoms. The Morgan fingerprint density at radius 3 is 2.60 bits per heavy atom. The number of nitrogens with zero attached hydrogens (tertiary/aromatic N) is 2. The molecule has 1 N–H and O–H groups in total. The molecule has 1 spiro atoms. The zero-order chi connectivity index (χ0) is 18.2. The van der Waals surface area contributed by atoms with Crippen molar-refractivity contribution in [1.29, 1.82) is 0 Å². The molecule has 0 unspecified atom stereocenters. The highest BCUT2D eigenvalue weighted by molar-refractivity contribution is 6.31. The minimum absolute atomic E-state index is 0.119. The Morgan fingerprint density at radius 2 is 1.96 bits per heavy atom. The van der Waals surface area contributed by atoms with Gasteiger partial charge in [-0.2, -0.15) is 0 Å². The zero-order valence-electron chi connectivity index (χ0n) is 13.8. The lowest BCUT2D eigenvalue weighted by molar-refractivity contribution is -0.136.